The number of hydrogen-bond acceptors (Lipinski definition) is 4. The Hall–Kier alpha value is -2.04. The smallest absolute Gasteiger partial charge is 0.360 e. The van der Waals surface area contributed by atoms with E-state index in [4.69, 9.17) is 9.47 Å². The molecule has 0 amide bonds. The molecule has 0 spiro atoms. The molecule has 0 aliphatic heterocycles. The topological polar surface area (TPSA) is 64.2 Å². The van der Waals surface area contributed by atoms with Crippen LogP contribution in [-0.4, -0.2) is 29.2 Å². The molecule has 0 unspecified atom stereocenters. The molecule has 2 aromatic heterocycles. The molecule has 0 fully saturated rings. The first-order valence-electron chi connectivity index (χ1n) is 5.54. The zero-order valence-electron chi connectivity index (χ0n) is 9.82. The van der Waals surface area contributed by atoms with Crippen molar-refractivity contribution in [2.24, 2.45) is 0 Å². The number of aromatic nitrogens is 2. The van der Waals surface area contributed by atoms with Crippen LogP contribution in [0.15, 0.2) is 18.3 Å². The highest BCUT2D eigenvalue weighted by atomic mass is 16.5. The summed E-state index contributed by atoms with van der Waals surface area (Å²) in [5, 5.41) is 0. The Balaban J connectivity index is 2.48. The van der Waals surface area contributed by atoms with Gasteiger partial charge in [-0.05, 0) is 19.9 Å². The predicted molar refractivity (Wildman–Crippen MR) is 63.2 cm³/mol. The minimum Gasteiger partial charge on any atom is -0.491 e. The van der Waals surface area contributed by atoms with Gasteiger partial charge in [0.05, 0.1) is 24.2 Å². The van der Waals surface area contributed by atoms with E-state index in [1.54, 1.807) is 25.3 Å². The van der Waals surface area contributed by atoms with Crippen LogP contribution in [-0.2, 0) is 4.74 Å². The number of hydrogen-bond donors (Lipinski definition) is 1. The first-order chi connectivity index (χ1) is 8.26. The van der Waals surface area contributed by atoms with Gasteiger partial charge in [-0.2, -0.15) is 0 Å². The molecule has 0 aromatic carbocycles. The summed E-state index contributed by atoms with van der Waals surface area (Å²) in [6.45, 7) is 4.40. The molecule has 90 valence electrons. The standard InChI is InChI=1S/C12H14N2O3/c1-3-16-10-7-9-8(5-6-13-9)14-11(10)12(15)17-4-2/h5-7,13H,3-4H2,1-2H3. The Bertz CT molecular complexity index is 534. The first kappa shape index (κ1) is 11.4. The fourth-order valence-electron chi connectivity index (χ4n) is 1.57. The number of rotatable bonds is 4. The Morgan fingerprint density at radius 3 is 2.94 bits per heavy atom. The number of carbonyl (C=O) groups excluding carboxylic acids is 1. The molecule has 0 bridgehead atoms. The van der Waals surface area contributed by atoms with Gasteiger partial charge in [-0.25, -0.2) is 9.78 Å². The zero-order chi connectivity index (χ0) is 12.3. The van der Waals surface area contributed by atoms with Crippen LogP contribution in [0, 0.1) is 0 Å². The minimum absolute atomic E-state index is 0.223. The Labute approximate surface area is 98.8 Å². The van der Waals surface area contributed by atoms with Gasteiger partial charge >= 0.3 is 5.97 Å². The average Bonchev–Trinajstić information content (AvgIpc) is 2.75. The van der Waals surface area contributed by atoms with Crippen molar-refractivity contribution < 1.29 is 14.3 Å². The third kappa shape index (κ3) is 2.22. The van der Waals surface area contributed by atoms with Crippen molar-refractivity contribution in [1.29, 1.82) is 0 Å². The molecule has 0 saturated carbocycles. The monoisotopic (exact) mass is 234 g/mol. The molecule has 1 N–H and O–H groups in total. The fraction of sp³-hybridized carbons (Fsp3) is 0.333. The number of fused-ring (bicyclic) bond motifs is 1. The summed E-state index contributed by atoms with van der Waals surface area (Å²) in [6.07, 6.45) is 1.77. The average molecular weight is 234 g/mol. The second-order valence-corrected chi connectivity index (χ2v) is 3.40. The largest absolute Gasteiger partial charge is 0.491 e. The highest BCUT2D eigenvalue weighted by Gasteiger charge is 2.17. The molecule has 2 rings (SSSR count). The summed E-state index contributed by atoms with van der Waals surface area (Å²) in [5.41, 5.74) is 1.78. The van der Waals surface area contributed by atoms with Crippen LogP contribution in [0.25, 0.3) is 11.0 Å². The second-order valence-electron chi connectivity index (χ2n) is 3.40. The number of carbonyl (C=O) groups is 1. The van der Waals surface area contributed by atoms with Gasteiger partial charge in [0.1, 0.15) is 0 Å². The maximum Gasteiger partial charge on any atom is 0.360 e. The van der Waals surface area contributed by atoms with Crippen molar-refractivity contribution in [2.45, 2.75) is 13.8 Å². The number of ether oxygens (including phenoxy) is 2. The third-order valence-corrected chi connectivity index (χ3v) is 2.27. The van der Waals surface area contributed by atoms with Crippen LogP contribution in [0.4, 0.5) is 0 Å². The Morgan fingerprint density at radius 1 is 1.41 bits per heavy atom. The highest BCUT2D eigenvalue weighted by molar-refractivity contribution is 5.93. The van der Waals surface area contributed by atoms with Crippen molar-refractivity contribution in [3.8, 4) is 5.75 Å². The van der Waals surface area contributed by atoms with E-state index >= 15 is 0 Å². The van der Waals surface area contributed by atoms with Crippen LogP contribution >= 0.6 is 0 Å². The van der Waals surface area contributed by atoms with E-state index in [2.05, 4.69) is 9.97 Å². The SMILES string of the molecule is CCOC(=O)c1nc2cc[nH]c2cc1OCC. The molecule has 0 aliphatic rings. The molecule has 0 saturated heterocycles. The molecule has 2 heterocycles. The molecule has 0 radical (unpaired) electrons. The molecule has 17 heavy (non-hydrogen) atoms. The number of H-pyrrole nitrogens is 1. The summed E-state index contributed by atoms with van der Waals surface area (Å²) in [5.74, 6) is -0.0139. The van der Waals surface area contributed by atoms with Crippen molar-refractivity contribution in [3.63, 3.8) is 0 Å². The van der Waals surface area contributed by atoms with Gasteiger partial charge in [0, 0.05) is 12.3 Å². The lowest BCUT2D eigenvalue weighted by atomic mass is 10.3. The molecular weight excluding hydrogens is 220 g/mol. The number of pyridine rings is 1. The number of esters is 1. The number of nitrogens with zero attached hydrogens (tertiary/aromatic N) is 1. The predicted octanol–water partition coefficient (Wildman–Crippen LogP) is 2.14. The molecule has 2 aromatic rings. The summed E-state index contributed by atoms with van der Waals surface area (Å²) in [4.78, 5) is 19.0. The van der Waals surface area contributed by atoms with Crippen LogP contribution in [0.2, 0.25) is 0 Å². The van der Waals surface area contributed by atoms with Crippen molar-refractivity contribution >= 4 is 17.0 Å². The molecule has 0 aliphatic carbocycles. The van der Waals surface area contributed by atoms with Gasteiger partial charge in [0.15, 0.2) is 11.4 Å². The van der Waals surface area contributed by atoms with Crippen LogP contribution in [0.3, 0.4) is 0 Å². The fourth-order valence-corrected chi connectivity index (χ4v) is 1.57. The van der Waals surface area contributed by atoms with Crippen LogP contribution in [0.1, 0.15) is 24.3 Å². The van der Waals surface area contributed by atoms with Crippen LogP contribution in [0.5, 0.6) is 5.75 Å². The summed E-state index contributed by atoms with van der Waals surface area (Å²) in [6, 6.07) is 3.56. The lowest BCUT2D eigenvalue weighted by molar-refractivity contribution is 0.0515. The molecule has 5 nitrogen and oxygen atoms in total. The van der Waals surface area contributed by atoms with Gasteiger partial charge in [-0.15, -0.1) is 0 Å². The van der Waals surface area contributed by atoms with E-state index in [-0.39, 0.29) is 5.69 Å². The van der Waals surface area contributed by atoms with Gasteiger partial charge < -0.3 is 14.5 Å². The van der Waals surface area contributed by atoms with Crippen molar-refractivity contribution in [3.05, 3.63) is 24.0 Å². The van der Waals surface area contributed by atoms with E-state index < -0.39 is 5.97 Å². The Kier molecular flexibility index (Phi) is 3.27. The van der Waals surface area contributed by atoms with Crippen molar-refractivity contribution in [1.82, 2.24) is 9.97 Å². The van der Waals surface area contributed by atoms with Gasteiger partial charge in [-0.3, -0.25) is 0 Å². The van der Waals surface area contributed by atoms with E-state index in [0.717, 1.165) is 11.0 Å². The minimum atomic E-state index is -0.459. The van der Waals surface area contributed by atoms with E-state index in [1.807, 2.05) is 6.92 Å². The normalized spacial score (nSPS) is 10.5. The van der Waals surface area contributed by atoms with E-state index in [9.17, 15) is 4.79 Å². The summed E-state index contributed by atoms with van der Waals surface area (Å²) >= 11 is 0. The lowest BCUT2D eigenvalue weighted by Gasteiger charge is -2.08. The van der Waals surface area contributed by atoms with E-state index in [0.29, 0.717) is 19.0 Å². The second kappa shape index (κ2) is 4.86. The zero-order valence-corrected chi connectivity index (χ0v) is 9.82. The third-order valence-electron chi connectivity index (χ3n) is 2.27. The van der Waals surface area contributed by atoms with Gasteiger partial charge in [0.25, 0.3) is 0 Å². The van der Waals surface area contributed by atoms with E-state index in [1.165, 1.54) is 0 Å². The summed E-state index contributed by atoms with van der Waals surface area (Å²) < 4.78 is 10.3. The van der Waals surface area contributed by atoms with Crippen LogP contribution < -0.4 is 4.74 Å². The summed E-state index contributed by atoms with van der Waals surface area (Å²) in [7, 11) is 0. The molecule has 5 heteroatoms. The maximum atomic E-state index is 11.7. The molecular formula is C12H14N2O3. The number of nitrogens with one attached hydrogen (secondary N) is 1. The molecule has 0 atom stereocenters. The Morgan fingerprint density at radius 2 is 2.24 bits per heavy atom. The van der Waals surface area contributed by atoms with Gasteiger partial charge in [0.2, 0.25) is 0 Å². The van der Waals surface area contributed by atoms with Crippen molar-refractivity contribution in [2.75, 3.05) is 13.2 Å². The first-order valence-corrected chi connectivity index (χ1v) is 5.54. The quantitative estimate of drug-likeness (QED) is 0.823. The van der Waals surface area contributed by atoms with Gasteiger partial charge in [-0.1, -0.05) is 0 Å². The highest BCUT2D eigenvalue weighted by Crippen LogP contribution is 2.23. The number of aromatic amines is 1. The maximum absolute atomic E-state index is 11.7. The lowest BCUT2D eigenvalue weighted by Crippen LogP contribution is -2.10.